The second-order valence-corrected chi connectivity index (χ2v) is 9.39. The average molecular weight is 394 g/mol. The zero-order valence-corrected chi connectivity index (χ0v) is 18.9. The highest BCUT2D eigenvalue weighted by Crippen LogP contribution is 2.34. The quantitative estimate of drug-likeness (QED) is 0.614. The van der Waals surface area contributed by atoms with E-state index in [0.29, 0.717) is 12.5 Å². The Hall–Kier alpha value is -1.10. The van der Waals surface area contributed by atoms with Gasteiger partial charge in [0.15, 0.2) is 0 Å². The Morgan fingerprint density at radius 3 is 2.32 bits per heavy atom. The molecule has 0 saturated carbocycles. The van der Waals surface area contributed by atoms with Crippen LogP contribution >= 0.6 is 0 Å². The summed E-state index contributed by atoms with van der Waals surface area (Å²) in [5.41, 5.74) is -0.623. The highest BCUT2D eigenvalue weighted by Gasteiger charge is 2.53. The van der Waals surface area contributed by atoms with Gasteiger partial charge in [-0.1, -0.05) is 53.9 Å². The SMILES string of the molecule is CCCCC(CC)CN1CCC2(CC1)C(=O)NC(CC(C)C)C(=O)N2CCC. The van der Waals surface area contributed by atoms with Gasteiger partial charge in [-0.15, -0.1) is 0 Å². The molecule has 2 rings (SSSR count). The maximum atomic E-state index is 13.2. The molecule has 0 aromatic carbocycles. The van der Waals surface area contributed by atoms with Crippen molar-refractivity contribution < 1.29 is 9.59 Å². The van der Waals surface area contributed by atoms with Gasteiger partial charge >= 0.3 is 0 Å². The number of carbonyl (C=O) groups excluding carboxylic acids is 2. The number of piperidine rings is 1. The van der Waals surface area contributed by atoms with Gasteiger partial charge in [-0.25, -0.2) is 0 Å². The molecule has 2 aliphatic heterocycles. The van der Waals surface area contributed by atoms with E-state index in [9.17, 15) is 9.59 Å². The van der Waals surface area contributed by atoms with Crippen LogP contribution in [0, 0.1) is 11.8 Å². The van der Waals surface area contributed by atoms with Gasteiger partial charge in [0.25, 0.3) is 0 Å². The molecule has 2 fully saturated rings. The minimum Gasteiger partial charge on any atom is -0.342 e. The van der Waals surface area contributed by atoms with Gasteiger partial charge in [-0.05, 0) is 43.9 Å². The summed E-state index contributed by atoms with van der Waals surface area (Å²) in [5, 5.41) is 3.09. The zero-order chi connectivity index (χ0) is 20.7. The Labute approximate surface area is 172 Å². The first-order chi connectivity index (χ1) is 13.4. The number of rotatable bonds is 10. The normalized spacial score (nSPS) is 24.1. The fourth-order valence-corrected chi connectivity index (χ4v) is 4.94. The third-order valence-electron chi connectivity index (χ3n) is 6.71. The van der Waals surface area contributed by atoms with Crippen molar-refractivity contribution >= 4 is 11.8 Å². The summed E-state index contributed by atoms with van der Waals surface area (Å²) in [7, 11) is 0. The first-order valence-electron chi connectivity index (χ1n) is 11.7. The molecule has 162 valence electrons. The summed E-state index contributed by atoms with van der Waals surface area (Å²) in [6, 6.07) is -0.346. The van der Waals surface area contributed by atoms with Crippen molar-refractivity contribution in [2.24, 2.45) is 11.8 Å². The van der Waals surface area contributed by atoms with E-state index in [4.69, 9.17) is 0 Å². The number of likely N-dealkylation sites (tertiary alicyclic amines) is 1. The Balaban J connectivity index is 2.06. The lowest BCUT2D eigenvalue weighted by atomic mass is 9.80. The van der Waals surface area contributed by atoms with Crippen molar-refractivity contribution in [3.05, 3.63) is 0 Å². The van der Waals surface area contributed by atoms with Gasteiger partial charge in [-0.3, -0.25) is 9.59 Å². The third kappa shape index (κ3) is 5.28. The maximum absolute atomic E-state index is 13.2. The molecule has 0 aromatic rings. The Bertz CT molecular complexity index is 512. The smallest absolute Gasteiger partial charge is 0.246 e. The van der Waals surface area contributed by atoms with E-state index in [1.165, 1.54) is 25.7 Å². The van der Waals surface area contributed by atoms with Gasteiger partial charge < -0.3 is 15.1 Å². The lowest BCUT2D eigenvalue weighted by Gasteiger charge is -2.52. The van der Waals surface area contributed by atoms with Gasteiger partial charge in [0.05, 0.1) is 0 Å². The van der Waals surface area contributed by atoms with Crippen molar-refractivity contribution in [1.82, 2.24) is 15.1 Å². The molecular formula is C23H43N3O2. The second-order valence-electron chi connectivity index (χ2n) is 9.39. The van der Waals surface area contributed by atoms with Crippen LogP contribution in [0.4, 0.5) is 0 Å². The molecule has 28 heavy (non-hydrogen) atoms. The van der Waals surface area contributed by atoms with Crippen LogP contribution in [0.5, 0.6) is 0 Å². The van der Waals surface area contributed by atoms with Crippen LogP contribution in [-0.2, 0) is 9.59 Å². The molecule has 5 heteroatoms. The predicted molar refractivity (Wildman–Crippen MR) is 115 cm³/mol. The van der Waals surface area contributed by atoms with Crippen LogP contribution in [0.15, 0.2) is 0 Å². The number of amides is 2. The molecule has 2 saturated heterocycles. The van der Waals surface area contributed by atoms with E-state index >= 15 is 0 Å². The Kier molecular flexibility index (Phi) is 8.79. The van der Waals surface area contributed by atoms with E-state index in [1.807, 2.05) is 4.90 Å². The summed E-state index contributed by atoms with van der Waals surface area (Å²) in [5.74, 6) is 1.36. The van der Waals surface area contributed by atoms with Crippen molar-refractivity contribution in [3.63, 3.8) is 0 Å². The topological polar surface area (TPSA) is 52.7 Å². The summed E-state index contributed by atoms with van der Waals surface area (Å²) >= 11 is 0. The van der Waals surface area contributed by atoms with E-state index < -0.39 is 5.54 Å². The summed E-state index contributed by atoms with van der Waals surface area (Å²) in [6.45, 7) is 14.5. The first kappa shape index (κ1) is 23.2. The lowest BCUT2D eigenvalue weighted by molar-refractivity contribution is -0.161. The van der Waals surface area contributed by atoms with Crippen LogP contribution in [0.2, 0.25) is 0 Å². The monoisotopic (exact) mass is 393 g/mol. The first-order valence-corrected chi connectivity index (χ1v) is 11.7. The Morgan fingerprint density at radius 1 is 1.11 bits per heavy atom. The van der Waals surface area contributed by atoms with Crippen LogP contribution in [0.3, 0.4) is 0 Å². The van der Waals surface area contributed by atoms with Gasteiger partial charge in [0, 0.05) is 26.2 Å². The molecule has 1 N–H and O–H groups in total. The Morgan fingerprint density at radius 2 is 1.79 bits per heavy atom. The number of nitrogens with one attached hydrogen (secondary N) is 1. The molecule has 2 aliphatic rings. The van der Waals surface area contributed by atoms with Crippen molar-refractivity contribution in [1.29, 1.82) is 0 Å². The average Bonchev–Trinajstić information content (AvgIpc) is 2.67. The number of hydrogen-bond donors (Lipinski definition) is 1. The molecule has 2 unspecified atom stereocenters. The summed E-state index contributed by atoms with van der Waals surface area (Å²) in [4.78, 5) is 30.9. The van der Waals surface area contributed by atoms with Crippen molar-refractivity contribution in [2.45, 2.75) is 97.6 Å². The molecule has 0 aromatic heterocycles. The predicted octanol–water partition coefficient (Wildman–Crippen LogP) is 3.82. The van der Waals surface area contributed by atoms with Crippen LogP contribution in [0.25, 0.3) is 0 Å². The zero-order valence-electron chi connectivity index (χ0n) is 18.9. The molecule has 5 nitrogen and oxygen atoms in total. The lowest BCUT2D eigenvalue weighted by Crippen LogP contribution is -2.73. The van der Waals surface area contributed by atoms with Gasteiger partial charge in [0.2, 0.25) is 11.8 Å². The van der Waals surface area contributed by atoms with Crippen LogP contribution in [-0.4, -0.2) is 59.4 Å². The van der Waals surface area contributed by atoms with Crippen LogP contribution < -0.4 is 5.32 Å². The number of nitrogens with zero attached hydrogens (tertiary/aromatic N) is 2. The van der Waals surface area contributed by atoms with Crippen LogP contribution in [0.1, 0.15) is 86.0 Å². The fraction of sp³-hybridized carbons (Fsp3) is 0.913. The minimum atomic E-state index is -0.623. The molecule has 2 amide bonds. The number of hydrogen-bond acceptors (Lipinski definition) is 3. The largest absolute Gasteiger partial charge is 0.342 e. The summed E-state index contributed by atoms with van der Waals surface area (Å²) < 4.78 is 0. The standard InChI is InChI=1S/C23H43N3O2/c1-6-9-10-19(8-3)17-25-14-11-23(12-15-25)22(28)24-20(16-18(4)5)21(27)26(23)13-7-2/h18-20H,6-17H2,1-5H3,(H,24,28). The molecule has 1 spiro atoms. The molecule has 2 heterocycles. The highest BCUT2D eigenvalue weighted by atomic mass is 16.2. The molecule has 2 atom stereocenters. The van der Waals surface area contributed by atoms with Crippen molar-refractivity contribution in [2.75, 3.05) is 26.2 Å². The minimum absolute atomic E-state index is 0.0869. The van der Waals surface area contributed by atoms with Gasteiger partial charge in [0.1, 0.15) is 11.6 Å². The fourth-order valence-electron chi connectivity index (χ4n) is 4.94. The van der Waals surface area contributed by atoms with Crippen molar-refractivity contribution in [3.8, 4) is 0 Å². The molecule has 0 aliphatic carbocycles. The van der Waals surface area contributed by atoms with E-state index in [1.54, 1.807) is 0 Å². The number of unbranched alkanes of at least 4 members (excludes halogenated alkanes) is 1. The van der Waals surface area contributed by atoms with E-state index in [2.05, 4.69) is 44.8 Å². The summed E-state index contributed by atoms with van der Waals surface area (Å²) in [6.07, 6.45) is 8.23. The number of piperazine rings is 1. The second kappa shape index (κ2) is 10.6. The molecular weight excluding hydrogens is 350 g/mol. The maximum Gasteiger partial charge on any atom is 0.246 e. The van der Waals surface area contributed by atoms with Gasteiger partial charge in [-0.2, -0.15) is 0 Å². The van der Waals surface area contributed by atoms with E-state index in [0.717, 1.165) is 51.2 Å². The molecule has 0 radical (unpaired) electrons. The highest BCUT2D eigenvalue weighted by molar-refractivity contribution is 6.00. The molecule has 0 bridgehead atoms. The number of carbonyl (C=O) groups is 2. The van der Waals surface area contributed by atoms with E-state index in [-0.39, 0.29) is 17.9 Å². The third-order valence-corrected chi connectivity index (χ3v) is 6.71.